The second-order valence-electron chi connectivity index (χ2n) is 9.76. The Bertz CT molecular complexity index is 646. The highest BCUT2D eigenvalue weighted by Gasteiger charge is 2.51. The molecule has 0 aromatic heterocycles. The van der Waals surface area contributed by atoms with E-state index in [1.807, 2.05) is 0 Å². The standard InChI is InChI=1S/C23H32N2O2/c26-21(25-23-13-17-10-18(14-23)12-19(11-17)15-23)24-16-22(6-8-27-9-7-22)20-4-2-1-3-5-20/h1-5,17-19H,6-16H2,(H2,24,25,26). The monoisotopic (exact) mass is 368 g/mol. The molecule has 0 atom stereocenters. The summed E-state index contributed by atoms with van der Waals surface area (Å²) in [5.41, 5.74) is 1.40. The Morgan fingerprint density at radius 2 is 1.56 bits per heavy atom. The molecule has 1 aromatic carbocycles. The van der Waals surface area contributed by atoms with Crippen LogP contribution in [-0.4, -0.2) is 31.3 Å². The summed E-state index contributed by atoms with van der Waals surface area (Å²) < 4.78 is 5.62. The predicted octanol–water partition coefficient (Wildman–Crippen LogP) is 4.00. The number of nitrogens with one attached hydrogen (secondary N) is 2. The van der Waals surface area contributed by atoms with Crippen LogP contribution >= 0.6 is 0 Å². The van der Waals surface area contributed by atoms with Gasteiger partial charge in [0.2, 0.25) is 0 Å². The zero-order valence-corrected chi connectivity index (χ0v) is 16.2. The molecule has 0 unspecified atom stereocenters. The number of amides is 2. The van der Waals surface area contributed by atoms with E-state index >= 15 is 0 Å². The van der Waals surface area contributed by atoms with Gasteiger partial charge in [-0.3, -0.25) is 0 Å². The van der Waals surface area contributed by atoms with Crippen molar-refractivity contribution >= 4 is 6.03 Å². The number of ether oxygens (including phenoxy) is 1. The van der Waals surface area contributed by atoms with E-state index in [0.717, 1.165) is 43.8 Å². The number of carbonyl (C=O) groups is 1. The fourth-order valence-electron chi connectivity index (χ4n) is 6.92. The normalized spacial score (nSPS) is 36.4. The summed E-state index contributed by atoms with van der Waals surface area (Å²) in [6.45, 7) is 2.24. The molecule has 2 N–H and O–H groups in total. The van der Waals surface area contributed by atoms with E-state index in [1.165, 1.54) is 44.1 Å². The molecule has 5 aliphatic rings. The van der Waals surface area contributed by atoms with Crippen LogP contribution in [0.2, 0.25) is 0 Å². The largest absolute Gasteiger partial charge is 0.381 e. The first-order chi connectivity index (χ1) is 13.1. The van der Waals surface area contributed by atoms with Crippen LogP contribution in [0.25, 0.3) is 0 Å². The highest BCUT2D eigenvalue weighted by atomic mass is 16.5. The predicted molar refractivity (Wildman–Crippen MR) is 106 cm³/mol. The Labute approximate surface area is 162 Å². The molecule has 146 valence electrons. The second-order valence-corrected chi connectivity index (χ2v) is 9.76. The first-order valence-electron chi connectivity index (χ1n) is 10.8. The maximum absolute atomic E-state index is 12.9. The van der Waals surface area contributed by atoms with Gasteiger partial charge in [0.1, 0.15) is 0 Å². The Hall–Kier alpha value is -1.55. The SMILES string of the molecule is O=C(NCC1(c2ccccc2)CCOCC1)NC12CC3CC(CC(C3)C1)C2. The summed E-state index contributed by atoms with van der Waals surface area (Å²) in [5.74, 6) is 2.55. The third-order valence-corrected chi connectivity index (χ3v) is 7.84. The molecule has 4 heteroatoms. The van der Waals surface area contributed by atoms with Crippen LogP contribution in [0.3, 0.4) is 0 Å². The quantitative estimate of drug-likeness (QED) is 0.844. The molecule has 1 heterocycles. The van der Waals surface area contributed by atoms with Crippen LogP contribution in [0.4, 0.5) is 4.79 Å². The summed E-state index contributed by atoms with van der Waals surface area (Å²) in [5, 5.41) is 6.71. The lowest BCUT2D eigenvalue weighted by molar-refractivity contribution is -0.0137. The molecule has 4 saturated carbocycles. The Morgan fingerprint density at radius 1 is 0.963 bits per heavy atom. The molecule has 4 nitrogen and oxygen atoms in total. The van der Waals surface area contributed by atoms with E-state index in [2.05, 4.69) is 41.0 Å². The molecular weight excluding hydrogens is 336 g/mol. The summed E-state index contributed by atoms with van der Waals surface area (Å²) in [6.07, 6.45) is 9.74. The summed E-state index contributed by atoms with van der Waals surface area (Å²) in [6, 6.07) is 10.7. The minimum Gasteiger partial charge on any atom is -0.381 e. The Kier molecular flexibility index (Phi) is 4.42. The van der Waals surface area contributed by atoms with E-state index in [9.17, 15) is 4.79 Å². The van der Waals surface area contributed by atoms with Crippen LogP contribution in [0, 0.1) is 17.8 Å². The van der Waals surface area contributed by atoms with Crippen LogP contribution in [0.1, 0.15) is 56.9 Å². The van der Waals surface area contributed by atoms with E-state index < -0.39 is 0 Å². The average molecular weight is 369 g/mol. The lowest BCUT2D eigenvalue weighted by atomic mass is 9.53. The van der Waals surface area contributed by atoms with E-state index in [1.54, 1.807) is 0 Å². The van der Waals surface area contributed by atoms with Crippen molar-refractivity contribution in [1.82, 2.24) is 10.6 Å². The molecule has 1 saturated heterocycles. The van der Waals surface area contributed by atoms with Gasteiger partial charge in [-0.05, 0) is 74.7 Å². The summed E-state index contributed by atoms with van der Waals surface area (Å²) in [7, 11) is 0. The molecule has 27 heavy (non-hydrogen) atoms. The van der Waals surface area contributed by atoms with Gasteiger partial charge in [0, 0.05) is 30.7 Å². The molecule has 1 aromatic rings. The topological polar surface area (TPSA) is 50.4 Å². The van der Waals surface area contributed by atoms with Crippen molar-refractivity contribution in [3.05, 3.63) is 35.9 Å². The molecule has 6 rings (SSSR count). The third-order valence-electron chi connectivity index (χ3n) is 7.84. The molecule has 5 fully saturated rings. The zero-order chi connectivity index (χ0) is 18.3. The lowest BCUT2D eigenvalue weighted by Crippen LogP contribution is -2.62. The van der Waals surface area contributed by atoms with Crippen molar-refractivity contribution in [2.75, 3.05) is 19.8 Å². The molecular formula is C23H32N2O2. The van der Waals surface area contributed by atoms with Gasteiger partial charge in [0.25, 0.3) is 0 Å². The number of carbonyl (C=O) groups excluding carboxylic acids is 1. The highest BCUT2D eigenvalue weighted by Crippen LogP contribution is 2.55. The van der Waals surface area contributed by atoms with Crippen LogP contribution in [0.5, 0.6) is 0 Å². The molecule has 2 amide bonds. The van der Waals surface area contributed by atoms with Crippen molar-refractivity contribution in [3.8, 4) is 0 Å². The van der Waals surface area contributed by atoms with Crippen molar-refractivity contribution in [2.24, 2.45) is 17.8 Å². The van der Waals surface area contributed by atoms with E-state index in [4.69, 9.17) is 4.74 Å². The fraction of sp³-hybridized carbons (Fsp3) is 0.696. The third kappa shape index (κ3) is 3.37. The van der Waals surface area contributed by atoms with Gasteiger partial charge < -0.3 is 15.4 Å². The highest BCUT2D eigenvalue weighted by molar-refractivity contribution is 5.75. The van der Waals surface area contributed by atoms with Gasteiger partial charge in [-0.15, -0.1) is 0 Å². The fourth-order valence-corrected chi connectivity index (χ4v) is 6.92. The second kappa shape index (κ2) is 6.80. The number of rotatable bonds is 4. The average Bonchev–Trinajstić information content (AvgIpc) is 2.66. The minimum absolute atomic E-state index is 0.00167. The number of hydrogen-bond donors (Lipinski definition) is 2. The Balaban J connectivity index is 1.25. The van der Waals surface area contributed by atoms with Crippen LogP contribution in [0.15, 0.2) is 30.3 Å². The van der Waals surface area contributed by atoms with Crippen molar-refractivity contribution in [2.45, 2.75) is 62.3 Å². The van der Waals surface area contributed by atoms with Gasteiger partial charge in [-0.1, -0.05) is 30.3 Å². The van der Waals surface area contributed by atoms with Gasteiger partial charge in [-0.25, -0.2) is 4.79 Å². The first-order valence-corrected chi connectivity index (χ1v) is 10.8. The van der Waals surface area contributed by atoms with Gasteiger partial charge in [0.15, 0.2) is 0 Å². The van der Waals surface area contributed by atoms with Crippen LogP contribution < -0.4 is 10.6 Å². The van der Waals surface area contributed by atoms with Crippen LogP contribution in [-0.2, 0) is 10.2 Å². The number of benzene rings is 1. The van der Waals surface area contributed by atoms with Crippen molar-refractivity contribution in [1.29, 1.82) is 0 Å². The lowest BCUT2D eigenvalue weighted by Gasteiger charge is -2.56. The summed E-state index contributed by atoms with van der Waals surface area (Å²) >= 11 is 0. The molecule has 4 bridgehead atoms. The smallest absolute Gasteiger partial charge is 0.315 e. The first kappa shape index (κ1) is 17.5. The number of hydrogen-bond acceptors (Lipinski definition) is 2. The molecule has 1 aliphatic heterocycles. The maximum atomic E-state index is 12.9. The van der Waals surface area contributed by atoms with E-state index in [0.29, 0.717) is 6.54 Å². The molecule has 0 radical (unpaired) electrons. The van der Waals surface area contributed by atoms with Gasteiger partial charge >= 0.3 is 6.03 Å². The number of urea groups is 1. The van der Waals surface area contributed by atoms with Gasteiger partial charge in [0.05, 0.1) is 0 Å². The molecule has 4 aliphatic carbocycles. The minimum atomic E-state index is -0.00167. The van der Waals surface area contributed by atoms with E-state index in [-0.39, 0.29) is 17.0 Å². The summed E-state index contributed by atoms with van der Waals surface area (Å²) in [4.78, 5) is 12.9. The van der Waals surface area contributed by atoms with Crippen molar-refractivity contribution in [3.63, 3.8) is 0 Å². The molecule has 0 spiro atoms. The van der Waals surface area contributed by atoms with Gasteiger partial charge in [-0.2, -0.15) is 0 Å². The maximum Gasteiger partial charge on any atom is 0.315 e. The van der Waals surface area contributed by atoms with Crippen molar-refractivity contribution < 1.29 is 9.53 Å². The Morgan fingerprint density at radius 3 is 2.15 bits per heavy atom. The zero-order valence-electron chi connectivity index (χ0n) is 16.2.